The van der Waals surface area contributed by atoms with Crippen LogP contribution in [-0.4, -0.2) is 0 Å². The van der Waals surface area contributed by atoms with Crippen molar-refractivity contribution >= 4 is 108 Å². The molecular weight excluding hydrogens is 452 g/mol. The van der Waals surface area contributed by atoms with Crippen molar-refractivity contribution in [3.05, 3.63) is 95.9 Å². The van der Waals surface area contributed by atoms with Gasteiger partial charge in [-0.25, -0.2) is 0 Å². The van der Waals surface area contributed by atoms with Crippen LogP contribution in [0.5, 0.6) is 0 Å². The van der Waals surface area contributed by atoms with Gasteiger partial charge in [0.15, 0.2) is 0 Å². The summed E-state index contributed by atoms with van der Waals surface area (Å²) in [7, 11) is 0. The van der Waals surface area contributed by atoms with Crippen LogP contribution in [0.15, 0.2) is 91.0 Å². The lowest BCUT2D eigenvalue weighted by Crippen LogP contribution is -1.94. The quantitative estimate of drug-likeness (QED) is 0.153. The Morgan fingerprint density at radius 3 is 1.42 bits per heavy atom. The summed E-state index contributed by atoms with van der Waals surface area (Å²) in [6.07, 6.45) is 0. The number of hydrogen-bond acceptors (Lipinski definition) is 1. The Labute approximate surface area is 210 Å². The van der Waals surface area contributed by atoms with Crippen LogP contribution in [0, 0.1) is 6.92 Å². The van der Waals surface area contributed by atoms with Crippen LogP contribution >= 0.6 is 11.3 Å². The second-order valence-corrected chi connectivity index (χ2v) is 11.7. The maximum Gasteiger partial charge on any atom is 0.0430 e. The highest BCUT2D eigenvalue weighted by molar-refractivity contribution is 7.20. The molecule has 0 fully saturated rings. The summed E-state index contributed by atoms with van der Waals surface area (Å²) >= 11 is 1.94. The molecule has 0 unspecified atom stereocenters. The topological polar surface area (TPSA) is 0 Å². The van der Waals surface area contributed by atoms with E-state index in [4.69, 9.17) is 0 Å². The van der Waals surface area contributed by atoms with Gasteiger partial charge in [-0.2, -0.15) is 0 Å². The van der Waals surface area contributed by atoms with Crippen LogP contribution in [0.3, 0.4) is 0 Å². The zero-order chi connectivity index (χ0) is 23.3. The molecule has 0 nitrogen and oxygen atoms in total. The molecule has 164 valence electrons. The van der Waals surface area contributed by atoms with Crippen molar-refractivity contribution in [2.24, 2.45) is 0 Å². The maximum atomic E-state index is 2.41. The summed E-state index contributed by atoms with van der Waals surface area (Å²) in [6.45, 7) is 2.24. The van der Waals surface area contributed by atoms with Crippen LogP contribution in [0.1, 0.15) is 4.88 Å². The van der Waals surface area contributed by atoms with Crippen molar-refractivity contribution in [2.45, 2.75) is 6.92 Å². The molecule has 1 heteroatoms. The van der Waals surface area contributed by atoms with Gasteiger partial charge in [0.2, 0.25) is 0 Å². The highest BCUT2D eigenvalue weighted by Crippen LogP contribution is 2.53. The molecule has 0 spiro atoms. The number of fused-ring (bicyclic) bond motifs is 7. The second-order valence-electron chi connectivity index (χ2n) is 10.5. The molecule has 10 rings (SSSR count). The van der Waals surface area contributed by atoms with Gasteiger partial charge in [0, 0.05) is 25.7 Å². The van der Waals surface area contributed by atoms with E-state index >= 15 is 0 Å². The Hall–Kier alpha value is -4.20. The van der Waals surface area contributed by atoms with Crippen molar-refractivity contribution in [3.63, 3.8) is 0 Å². The monoisotopic (exact) mass is 470 g/mol. The standard InChI is InChI=1S/C35H18S/c1-17-14-28-24-12-8-18-6-10-22-26-15-20-4-2-3-5-21(20)16-27(26)23-11-7-19-9-13-25(35(28)36-17)34-30(19)32(23)31(22)29(18)33(24)34/h2-16H,1H3. The molecular formula is C35H18S. The fourth-order valence-corrected chi connectivity index (χ4v) is 8.40. The molecule has 0 saturated carbocycles. The zero-order valence-electron chi connectivity index (χ0n) is 19.6. The van der Waals surface area contributed by atoms with E-state index in [9.17, 15) is 0 Å². The molecule has 0 amide bonds. The van der Waals surface area contributed by atoms with Crippen LogP contribution in [0.25, 0.3) is 96.3 Å². The third-order valence-electron chi connectivity index (χ3n) is 8.73. The van der Waals surface area contributed by atoms with E-state index in [2.05, 4.69) is 97.9 Å². The molecule has 1 heterocycles. The Balaban J connectivity index is 1.66. The summed E-state index contributed by atoms with van der Waals surface area (Å²) in [5, 5.41) is 23.6. The highest BCUT2D eigenvalue weighted by Gasteiger charge is 2.24. The molecule has 0 bridgehead atoms. The summed E-state index contributed by atoms with van der Waals surface area (Å²) in [4.78, 5) is 1.38. The zero-order valence-corrected chi connectivity index (χ0v) is 20.4. The van der Waals surface area contributed by atoms with Gasteiger partial charge in [-0.1, -0.05) is 72.8 Å². The minimum Gasteiger partial charge on any atom is -0.140 e. The average molecular weight is 471 g/mol. The van der Waals surface area contributed by atoms with Gasteiger partial charge in [-0.3, -0.25) is 0 Å². The smallest absolute Gasteiger partial charge is 0.0430 e. The van der Waals surface area contributed by atoms with Gasteiger partial charge in [0.1, 0.15) is 0 Å². The summed E-state index contributed by atoms with van der Waals surface area (Å²) in [6, 6.07) is 34.9. The number of rotatable bonds is 0. The van der Waals surface area contributed by atoms with Crippen LogP contribution in [0.2, 0.25) is 0 Å². The van der Waals surface area contributed by atoms with E-state index in [0.717, 1.165) is 0 Å². The lowest BCUT2D eigenvalue weighted by Gasteiger charge is -2.22. The molecule has 0 saturated heterocycles. The normalized spacial score (nSPS) is 13.1. The van der Waals surface area contributed by atoms with Gasteiger partial charge < -0.3 is 0 Å². The Kier molecular flexibility index (Phi) is 2.91. The van der Waals surface area contributed by atoms with Crippen LogP contribution in [0.4, 0.5) is 0 Å². The molecule has 36 heavy (non-hydrogen) atoms. The SMILES string of the molecule is Cc1cc2c3ccc4ccc5c6cc7ccccc7cc6c6ccc7ccc(c2s1)c1c7c6c5c4c31. The summed E-state index contributed by atoms with van der Waals surface area (Å²) in [5.41, 5.74) is 0. The van der Waals surface area contributed by atoms with Crippen molar-refractivity contribution in [1.82, 2.24) is 0 Å². The number of aryl methyl sites for hydroxylation is 1. The Bertz CT molecular complexity index is 2350. The van der Waals surface area contributed by atoms with Crippen molar-refractivity contribution in [2.75, 3.05) is 0 Å². The average Bonchev–Trinajstić information content (AvgIpc) is 3.32. The summed E-state index contributed by atoms with van der Waals surface area (Å²) in [5.74, 6) is 0. The largest absolute Gasteiger partial charge is 0.140 e. The number of hydrogen-bond donors (Lipinski definition) is 0. The van der Waals surface area contributed by atoms with E-state index in [1.54, 1.807) is 0 Å². The first-order valence-corrected chi connectivity index (χ1v) is 13.4. The molecule has 1 aromatic heterocycles. The molecule has 10 aromatic rings. The number of benzene rings is 9. The first-order valence-electron chi connectivity index (χ1n) is 12.6. The Morgan fingerprint density at radius 2 is 0.861 bits per heavy atom. The van der Waals surface area contributed by atoms with Gasteiger partial charge >= 0.3 is 0 Å². The van der Waals surface area contributed by atoms with E-state index in [1.165, 1.54) is 101 Å². The highest BCUT2D eigenvalue weighted by atomic mass is 32.1. The lowest BCUT2D eigenvalue weighted by molar-refractivity contribution is 1.66. The van der Waals surface area contributed by atoms with Gasteiger partial charge in [-0.15, -0.1) is 11.3 Å². The molecule has 0 aliphatic carbocycles. The first-order chi connectivity index (χ1) is 17.8. The Morgan fingerprint density at radius 1 is 0.389 bits per heavy atom. The molecule has 0 radical (unpaired) electrons. The van der Waals surface area contributed by atoms with Crippen LogP contribution < -0.4 is 0 Å². The molecule has 0 aliphatic rings. The first kappa shape index (κ1) is 18.1. The van der Waals surface area contributed by atoms with Gasteiger partial charge in [-0.05, 0) is 101 Å². The molecule has 0 aliphatic heterocycles. The summed E-state index contributed by atoms with van der Waals surface area (Å²) < 4.78 is 1.43. The minimum atomic E-state index is 1.31. The lowest BCUT2D eigenvalue weighted by atomic mass is 9.80. The van der Waals surface area contributed by atoms with Crippen molar-refractivity contribution in [1.29, 1.82) is 0 Å². The van der Waals surface area contributed by atoms with Gasteiger partial charge in [0.05, 0.1) is 0 Å². The minimum absolute atomic E-state index is 1.31. The fourth-order valence-electron chi connectivity index (χ4n) is 7.34. The maximum absolute atomic E-state index is 2.41. The molecule has 0 N–H and O–H groups in total. The molecule has 9 aromatic carbocycles. The third kappa shape index (κ3) is 1.88. The van der Waals surface area contributed by atoms with E-state index in [1.807, 2.05) is 11.3 Å². The predicted molar refractivity (Wildman–Crippen MR) is 160 cm³/mol. The second kappa shape index (κ2) is 5.78. The van der Waals surface area contributed by atoms with E-state index < -0.39 is 0 Å². The van der Waals surface area contributed by atoms with Gasteiger partial charge in [0.25, 0.3) is 0 Å². The van der Waals surface area contributed by atoms with Crippen LogP contribution in [-0.2, 0) is 0 Å². The van der Waals surface area contributed by atoms with E-state index in [0.29, 0.717) is 0 Å². The molecule has 0 atom stereocenters. The number of thiophene rings is 1. The van der Waals surface area contributed by atoms with Crippen molar-refractivity contribution in [3.8, 4) is 0 Å². The predicted octanol–water partition coefficient (Wildman–Crippen LogP) is 10.7. The van der Waals surface area contributed by atoms with Crippen molar-refractivity contribution < 1.29 is 0 Å². The fraction of sp³-hybridized carbons (Fsp3) is 0.0286. The third-order valence-corrected chi connectivity index (χ3v) is 9.81. The van der Waals surface area contributed by atoms with E-state index in [-0.39, 0.29) is 0 Å².